The van der Waals surface area contributed by atoms with E-state index < -0.39 is 0 Å². The number of carbonyl (C=O) groups is 1. The lowest BCUT2D eigenvalue weighted by Crippen LogP contribution is -2.25. The fourth-order valence-corrected chi connectivity index (χ4v) is 4.85. The molecular formula is C27H35N3O. The molecule has 1 aliphatic rings. The summed E-state index contributed by atoms with van der Waals surface area (Å²) >= 11 is 0. The Bertz CT molecular complexity index is 1020. The quantitative estimate of drug-likeness (QED) is 0.348. The molecule has 164 valence electrons. The number of imidazole rings is 1. The Balaban J connectivity index is 1.50. The van der Waals surface area contributed by atoms with Crippen LogP contribution in [0.3, 0.4) is 0 Å². The summed E-state index contributed by atoms with van der Waals surface area (Å²) in [7, 11) is 0. The third kappa shape index (κ3) is 4.84. The molecule has 0 aliphatic carbocycles. The molecule has 1 aromatic heterocycles. The average Bonchev–Trinajstić information content (AvgIpc) is 3.34. The van der Waals surface area contributed by atoms with Crippen LogP contribution < -0.4 is 4.90 Å². The van der Waals surface area contributed by atoms with Gasteiger partial charge in [-0.15, -0.1) is 0 Å². The number of aromatic nitrogens is 2. The Morgan fingerprint density at radius 3 is 2.45 bits per heavy atom. The van der Waals surface area contributed by atoms with Crippen LogP contribution in [-0.2, 0) is 11.3 Å². The van der Waals surface area contributed by atoms with Crippen molar-refractivity contribution in [3.8, 4) is 0 Å². The van der Waals surface area contributed by atoms with Crippen molar-refractivity contribution < 1.29 is 4.79 Å². The van der Waals surface area contributed by atoms with Crippen LogP contribution in [0.2, 0.25) is 0 Å². The van der Waals surface area contributed by atoms with Crippen molar-refractivity contribution in [2.75, 3.05) is 11.4 Å². The Kier molecular flexibility index (Phi) is 7.06. The second-order valence-corrected chi connectivity index (χ2v) is 8.92. The maximum atomic E-state index is 12.9. The summed E-state index contributed by atoms with van der Waals surface area (Å²) in [6, 6.07) is 16.6. The Labute approximate surface area is 186 Å². The predicted molar refractivity (Wildman–Crippen MR) is 129 cm³/mol. The van der Waals surface area contributed by atoms with Gasteiger partial charge >= 0.3 is 0 Å². The molecule has 0 unspecified atom stereocenters. The molecule has 0 N–H and O–H groups in total. The first-order valence-corrected chi connectivity index (χ1v) is 12.0. The van der Waals surface area contributed by atoms with Crippen LogP contribution in [0.25, 0.3) is 11.0 Å². The van der Waals surface area contributed by atoms with Crippen LogP contribution in [0.15, 0.2) is 48.5 Å². The first kappa shape index (κ1) is 21.6. The zero-order chi connectivity index (χ0) is 21.6. The molecule has 2 heterocycles. The topological polar surface area (TPSA) is 38.1 Å². The summed E-state index contributed by atoms with van der Waals surface area (Å²) in [4.78, 5) is 19.9. The Hall–Kier alpha value is -2.62. The van der Waals surface area contributed by atoms with Crippen molar-refractivity contribution in [1.82, 2.24) is 9.55 Å². The second-order valence-electron chi connectivity index (χ2n) is 8.92. The predicted octanol–water partition coefficient (Wildman–Crippen LogP) is 6.62. The van der Waals surface area contributed by atoms with Gasteiger partial charge in [0.15, 0.2) is 0 Å². The van der Waals surface area contributed by atoms with Crippen molar-refractivity contribution in [3.63, 3.8) is 0 Å². The van der Waals surface area contributed by atoms with E-state index in [1.807, 2.05) is 17.0 Å². The number of unbranched alkanes of at least 4 members (excludes halogenated alkanes) is 6. The number of amides is 1. The molecule has 4 rings (SSSR count). The number of carbonyl (C=O) groups excluding carboxylic acids is 1. The molecule has 3 aromatic rings. The van der Waals surface area contributed by atoms with Gasteiger partial charge in [-0.25, -0.2) is 4.98 Å². The molecule has 2 aromatic carbocycles. The number of hydrogen-bond acceptors (Lipinski definition) is 2. The summed E-state index contributed by atoms with van der Waals surface area (Å²) < 4.78 is 2.39. The van der Waals surface area contributed by atoms with Gasteiger partial charge in [0, 0.05) is 31.1 Å². The van der Waals surface area contributed by atoms with Crippen LogP contribution in [-0.4, -0.2) is 22.0 Å². The molecule has 4 nitrogen and oxygen atoms in total. The number of hydrogen-bond donors (Lipinski definition) is 0. The SMILES string of the molecule is CCCCCCCCCn1c([C@H]2CC(=O)N(c3ccccc3C)C2)nc2ccccc21. The summed E-state index contributed by atoms with van der Waals surface area (Å²) in [5.41, 5.74) is 4.42. The lowest BCUT2D eigenvalue weighted by molar-refractivity contribution is -0.117. The van der Waals surface area contributed by atoms with Crippen molar-refractivity contribution in [3.05, 3.63) is 59.9 Å². The van der Waals surface area contributed by atoms with E-state index in [1.54, 1.807) is 0 Å². The maximum Gasteiger partial charge on any atom is 0.227 e. The molecule has 4 heteroatoms. The van der Waals surface area contributed by atoms with E-state index in [0.29, 0.717) is 13.0 Å². The smallest absolute Gasteiger partial charge is 0.227 e. The number of nitrogens with zero attached hydrogens (tertiary/aromatic N) is 3. The van der Waals surface area contributed by atoms with Gasteiger partial charge in [-0.2, -0.15) is 0 Å². The highest BCUT2D eigenvalue weighted by Crippen LogP contribution is 2.34. The van der Waals surface area contributed by atoms with Crippen LogP contribution >= 0.6 is 0 Å². The molecule has 31 heavy (non-hydrogen) atoms. The highest BCUT2D eigenvalue weighted by atomic mass is 16.2. The summed E-state index contributed by atoms with van der Waals surface area (Å²) in [5.74, 6) is 1.43. The van der Waals surface area contributed by atoms with Crippen molar-refractivity contribution in [2.24, 2.45) is 0 Å². The van der Waals surface area contributed by atoms with E-state index in [1.165, 1.54) is 50.5 Å². The molecule has 0 bridgehead atoms. The summed E-state index contributed by atoms with van der Waals surface area (Å²) in [5, 5.41) is 0. The second kappa shape index (κ2) is 10.1. The van der Waals surface area contributed by atoms with E-state index in [-0.39, 0.29) is 11.8 Å². The fourth-order valence-electron chi connectivity index (χ4n) is 4.85. The zero-order valence-electron chi connectivity index (χ0n) is 19.0. The van der Waals surface area contributed by atoms with Crippen LogP contribution in [0.1, 0.15) is 75.6 Å². The number of benzene rings is 2. The fraction of sp³-hybridized carbons (Fsp3) is 0.481. The molecule has 0 radical (unpaired) electrons. The minimum atomic E-state index is 0.143. The Morgan fingerprint density at radius 2 is 1.65 bits per heavy atom. The molecule has 1 amide bonds. The van der Waals surface area contributed by atoms with E-state index in [2.05, 4.69) is 54.8 Å². The van der Waals surface area contributed by atoms with Crippen LogP contribution in [0, 0.1) is 6.92 Å². The maximum absolute atomic E-state index is 12.9. The number of aryl methyl sites for hydroxylation is 2. The first-order valence-electron chi connectivity index (χ1n) is 12.0. The first-order chi connectivity index (χ1) is 15.2. The number of fused-ring (bicyclic) bond motifs is 1. The van der Waals surface area contributed by atoms with Gasteiger partial charge in [0.05, 0.1) is 11.0 Å². The van der Waals surface area contributed by atoms with E-state index in [0.717, 1.165) is 29.1 Å². The molecular weight excluding hydrogens is 382 g/mol. The average molecular weight is 418 g/mol. The van der Waals surface area contributed by atoms with Crippen LogP contribution in [0.4, 0.5) is 5.69 Å². The van der Waals surface area contributed by atoms with Crippen molar-refractivity contribution in [1.29, 1.82) is 0 Å². The molecule has 1 atom stereocenters. The van der Waals surface area contributed by atoms with Gasteiger partial charge in [-0.05, 0) is 37.1 Å². The van der Waals surface area contributed by atoms with Gasteiger partial charge in [-0.1, -0.05) is 75.8 Å². The summed E-state index contributed by atoms with van der Waals surface area (Å²) in [6.45, 7) is 6.04. The van der Waals surface area contributed by atoms with Crippen molar-refractivity contribution >= 4 is 22.6 Å². The van der Waals surface area contributed by atoms with Gasteiger partial charge in [0.25, 0.3) is 0 Å². The molecule has 0 spiro atoms. The third-order valence-electron chi connectivity index (χ3n) is 6.57. The molecule has 1 aliphatic heterocycles. The lowest BCUT2D eigenvalue weighted by atomic mass is 10.1. The highest BCUT2D eigenvalue weighted by molar-refractivity contribution is 5.97. The van der Waals surface area contributed by atoms with E-state index in [4.69, 9.17) is 4.98 Å². The number of rotatable bonds is 10. The highest BCUT2D eigenvalue weighted by Gasteiger charge is 2.35. The monoisotopic (exact) mass is 417 g/mol. The van der Waals surface area contributed by atoms with Gasteiger partial charge in [0.1, 0.15) is 5.82 Å². The van der Waals surface area contributed by atoms with E-state index >= 15 is 0 Å². The molecule has 1 fully saturated rings. The van der Waals surface area contributed by atoms with Crippen molar-refractivity contribution in [2.45, 2.75) is 77.7 Å². The summed E-state index contributed by atoms with van der Waals surface area (Å²) in [6.07, 6.45) is 9.62. The minimum Gasteiger partial charge on any atom is -0.328 e. The van der Waals surface area contributed by atoms with Gasteiger partial charge in [0.2, 0.25) is 5.91 Å². The number of para-hydroxylation sites is 3. The standard InChI is InChI=1S/C27H35N3O/c1-3-4-5-6-7-8-13-18-29-25-17-12-10-15-23(25)28-27(29)22-19-26(31)30(20-22)24-16-11-9-14-21(24)2/h9-12,14-17,22H,3-8,13,18-20H2,1-2H3/t22-/m0/s1. The number of anilines is 1. The molecule has 1 saturated heterocycles. The minimum absolute atomic E-state index is 0.143. The Morgan fingerprint density at radius 1 is 0.935 bits per heavy atom. The van der Waals surface area contributed by atoms with Gasteiger partial charge in [-0.3, -0.25) is 4.79 Å². The van der Waals surface area contributed by atoms with Crippen LogP contribution in [0.5, 0.6) is 0 Å². The van der Waals surface area contributed by atoms with Gasteiger partial charge < -0.3 is 9.47 Å². The third-order valence-corrected chi connectivity index (χ3v) is 6.57. The lowest BCUT2D eigenvalue weighted by Gasteiger charge is -2.19. The zero-order valence-corrected chi connectivity index (χ0v) is 19.0. The normalized spacial score (nSPS) is 16.5. The van der Waals surface area contributed by atoms with E-state index in [9.17, 15) is 4.79 Å². The largest absolute Gasteiger partial charge is 0.328 e. The molecule has 0 saturated carbocycles.